The number of carbonyl (C=O) groups is 1. The molecule has 0 spiro atoms. The second kappa shape index (κ2) is 13.4. The Balaban J connectivity index is 1.49. The number of hydrogen-bond acceptors (Lipinski definition) is 8. The van der Waals surface area contributed by atoms with Gasteiger partial charge in [-0.05, 0) is 54.5 Å². The van der Waals surface area contributed by atoms with E-state index in [2.05, 4.69) is 0 Å². The number of nitro benzene ring substituents is 1. The molecular weight excluding hydrogens is 626 g/mol. The Bertz CT molecular complexity index is 2140. The summed E-state index contributed by atoms with van der Waals surface area (Å²) >= 11 is 7.56. The van der Waals surface area contributed by atoms with Crippen LogP contribution in [0.2, 0.25) is 5.02 Å². The van der Waals surface area contributed by atoms with Gasteiger partial charge in [-0.25, -0.2) is 9.79 Å². The smallest absolute Gasteiger partial charge is 0.338 e. The van der Waals surface area contributed by atoms with Crippen LogP contribution < -0.4 is 19.6 Å². The molecule has 4 aromatic carbocycles. The average Bonchev–Trinajstić information content (AvgIpc) is 3.38. The van der Waals surface area contributed by atoms with Crippen molar-refractivity contribution >= 4 is 46.4 Å². The Hall–Kier alpha value is -5.32. The van der Waals surface area contributed by atoms with Gasteiger partial charge in [0.2, 0.25) is 0 Å². The number of carbonyl (C=O) groups excluding carboxylic acids is 1. The van der Waals surface area contributed by atoms with Gasteiger partial charge < -0.3 is 9.47 Å². The van der Waals surface area contributed by atoms with E-state index in [1.807, 2.05) is 60.7 Å². The van der Waals surface area contributed by atoms with E-state index in [4.69, 9.17) is 26.1 Å². The molecule has 5 aromatic rings. The Morgan fingerprint density at radius 1 is 1.02 bits per heavy atom. The Labute approximate surface area is 272 Å². The van der Waals surface area contributed by atoms with Crippen molar-refractivity contribution in [3.05, 3.63) is 166 Å². The fourth-order valence-corrected chi connectivity index (χ4v) is 6.34. The lowest BCUT2D eigenvalue weighted by molar-refractivity contribution is -0.384. The van der Waals surface area contributed by atoms with Crippen molar-refractivity contribution in [2.45, 2.75) is 19.6 Å². The minimum atomic E-state index is -0.786. The molecule has 0 bridgehead atoms. The standard InChI is InChI=1S/C35H26ClN3O6S/c1-2-44-34(41)30-31(23-9-5-3-6-10-23)37-35-38(32(30)24-11-7-4-8-12-24)33(40)29(46-35)20-25-19-26(36)15-18-28(25)45-21-22-13-16-27(17-14-22)39(42)43/h3-20,32H,2,21H2,1H3/b29-20-/t32-/m0/s1. The number of thiazole rings is 1. The Kier molecular flexibility index (Phi) is 8.91. The Morgan fingerprint density at radius 2 is 1.72 bits per heavy atom. The van der Waals surface area contributed by atoms with Crippen molar-refractivity contribution < 1.29 is 19.2 Å². The van der Waals surface area contributed by atoms with Crippen LogP contribution in [0.3, 0.4) is 0 Å². The van der Waals surface area contributed by atoms with Crippen LogP contribution in [0.5, 0.6) is 5.75 Å². The van der Waals surface area contributed by atoms with E-state index in [0.717, 1.165) is 16.7 Å². The average molecular weight is 652 g/mol. The number of nitro groups is 1. The minimum absolute atomic E-state index is 0.0124. The fraction of sp³-hybridized carbons (Fsp3) is 0.114. The highest BCUT2D eigenvalue weighted by molar-refractivity contribution is 7.07. The molecule has 46 heavy (non-hydrogen) atoms. The second-order valence-corrected chi connectivity index (χ2v) is 11.7. The van der Waals surface area contributed by atoms with Gasteiger partial charge in [0, 0.05) is 28.3 Å². The molecule has 0 saturated heterocycles. The van der Waals surface area contributed by atoms with Gasteiger partial charge in [0.25, 0.3) is 11.2 Å². The van der Waals surface area contributed by atoms with E-state index in [-0.39, 0.29) is 30.0 Å². The van der Waals surface area contributed by atoms with Gasteiger partial charge in [-0.1, -0.05) is 83.6 Å². The lowest BCUT2D eigenvalue weighted by Gasteiger charge is -2.25. The first-order valence-electron chi connectivity index (χ1n) is 14.3. The van der Waals surface area contributed by atoms with Crippen LogP contribution in [0, 0.1) is 10.1 Å². The summed E-state index contributed by atoms with van der Waals surface area (Å²) < 4.78 is 13.5. The first-order valence-corrected chi connectivity index (χ1v) is 15.5. The maximum Gasteiger partial charge on any atom is 0.338 e. The lowest BCUT2D eigenvalue weighted by Crippen LogP contribution is -2.40. The van der Waals surface area contributed by atoms with Crippen LogP contribution in [0.1, 0.15) is 35.2 Å². The molecule has 0 fully saturated rings. The molecule has 1 aliphatic heterocycles. The first-order chi connectivity index (χ1) is 22.3. The molecule has 0 N–H and O–H groups in total. The zero-order chi connectivity index (χ0) is 32.2. The van der Waals surface area contributed by atoms with Crippen LogP contribution in [0.25, 0.3) is 11.8 Å². The zero-order valence-corrected chi connectivity index (χ0v) is 26.0. The van der Waals surface area contributed by atoms with Crippen LogP contribution >= 0.6 is 22.9 Å². The third-order valence-corrected chi connectivity index (χ3v) is 8.51. The summed E-state index contributed by atoms with van der Waals surface area (Å²) in [6.45, 7) is 2.03. The van der Waals surface area contributed by atoms with Crippen molar-refractivity contribution in [3.8, 4) is 5.75 Å². The summed E-state index contributed by atoms with van der Waals surface area (Å²) in [5, 5.41) is 11.5. The molecule has 0 aliphatic carbocycles. The molecule has 6 rings (SSSR count). The van der Waals surface area contributed by atoms with E-state index in [9.17, 15) is 19.7 Å². The van der Waals surface area contributed by atoms with Crippen LogP contribution in [0.4, 0.5) is 5.69 Å². The predicted octanol–water partition coefficient (Wildman–Crippen LogP) is 6.08. The van der Waals surface area contributed by atoms with Crippen molar-refractivity contribution in [2.75, 3.05) is 6.61 Å². The summed E-state index contributed by atoms with van der Waals surface area (Å²) in [5.41, 5.74) is 3.10. The summed E-state index contributed by atoms with van der Waals surface area (Å²) in [4.78, 5) is 43.6. The molecule has 0 saturated carbocycles. The van der Waals surface area contributed by atoms with Gasteiger partial charge in [0.1, 0.15) is 12.4 Å². The van der Waals surface area contributed by atoms with Crippen LogP contribution in [0.15, 0.2) is 118 Å². The molecule has 1 atom stereocenters. The topological polar surface area (TPSA) is 113 Å². The molecule has 0 amide bonds. The van der Waals surface area contributed by atoms with Crippen molar-refractivity contribution in [1.82, 2.24) is 4.57 Å². The van der Waals surface area contributed by atoms with Crippen LogP contribution in [-0.2, 0) is 16.1 Å². The number of hydrogen-bond donors (Lipinski definition) is 0. The summed E-state index contributed by atoms with van der Waals surface area (Å²) in [5.74, 6) is -0.0876. The fourth-order valence-electron chi connectivity index (χ4n) is 5.17. The maximum atomic E-state index is 14.2. The molecule has 1 aliphatic rings. The molecular formula is C35H26ClN3O6S. The summed E-state index contributed by atoms with van der Waals surface area (Å²) in [6, 6.07) is 29.1. The largest absolute Gasteiger partial charge is 0.488 e. The molecule has 2 heterocycles. The summed E-state index contributed by atoms with van der Waals surface area (Å²) in [7, 11) is 0. The van der Waals surface area contributed by atoms with Gasteiger partial charge in [-0.15, -0.1) is 0 Å². The Morgan fingerprint density at radius 3 is 2.39 bits per heavy atom. The number of rotatable bonds is 9. The number of halogens is 1. The quantitative estimate of drug-likeness (QED) is 0.109. The van der Waals surface area contributed by atoms with Gasteiger partial charge in [-0.2, -0.15) is 0 Å². The third kappa shape index (κ3) is 6.26. The highest BCUT2D eigenvalue weighted by Gasteiger charge is 2.35. The molecule has 0 radical (unpaired) electrons. The number of non-ortho nitro benzene ring substituents is 1. The molecule has 9 nitrogen and oxygen atoms in total. The van der Waals surface area contributed by atoms with Crippen molar-refractivity contribution in [3.63, 3.8) is 0 Å². The number of esters is 1. The molecule has 0 unspecified atom stereocenters. The summed E-state index contributed by atoms with van der Waals surface area (Å²) in [6.07, 6.45) is 1.69. The number of ether oxygens (including phenoxy) is 2. The van der Waals surface area contributed by atoms with E-state index in [0.29, 0.717) is 31.4 Å². The van der Waals surface area contributed by atoms with E-state index >= 15 is 0 Å². The normalized spacial score (nSPS) is 14.4. The van der Waals surface area contributed by atoms with Crippen molar-refractivity contribution in [1.29, 1.82) is 0 Å². The zero-order valence-electron chi connectivity index (χ0n) is 24.5. The predicted molar refractivity (Wildman–Crippen MR) is 176 cm³/mol. The van der Waals surface area contributed by atoms with E-state index in [1.54, 1.807) is 43.3 Å². The van der Waals surface area contributed by atoms with E-state index < -0.39 is 16.9 Å². The number of benzene rings is 4. The van der Waals surface area contributed by atoms with Gasteiger partial charge in [0.05, 0.1) is 33.4 Å². The number of nitrogens with zero attached hydrogens (tertiary/aromatic N) is 3. The second-order valence-electron chi connectivity index (χ2n) is 10.2. The number of aromatic nitrogens is 1. The molecule has 1 aromatic heterocycles. The highest BCUT2D eigenvalue weighted by Crippen LogP contribution is 2.35. The maximum absolute atomic E-state index is 14.2. The SMILES string of the molecule is CCOC(=O)C1=C(c2ccccc2)N=c2s/c(=C\c3cc(Cl)ccc3OCc3ccc([N+](=O)[O-])cc3)c(=O)n2[C@H]1c1ccccc1. The molecule has 230 valence electrons. The lowest BCUT2D eigenvalue weighted by atomic mass is 9.93. The third-order valence-electron chi connectivity index (χ3n) is 7.29. The van der Waals surface area contributed by atoms with Gasteiger partial charge in [0.15, 0.2) is 4.80 Å². The van der Waals surface area contributed by atoms with Crippen LogP contribution in [-0.4, -0.2) is 22.1 Å². The minimum Gasteiger partial charge on any atom is -0.488 e. The van der Waals surface area contributed by atoms with Crippen molar-refractivity contribution in [2.24, 2.45) is 4.99 Å². The van der Waals surface area contributed by atoms with E-state index in [1.165, 1.54) is 28.0 Å². The highest BCUT2D eigenvalue weighted by atomic mass is 35.5. The molecule has 11 heteroatoms. The van der Waals surface area contributed by atoms with Gasteiger partial charge in [-0.3, -0.25) is 19.5 Å². The van der Waals surface area contributed by atoms with Gasteiger partial charge >= 0.3 is 5.97 Å². The number of fused-ring (bicyclic) bond motifs is 1. The monoisotopic (exact) mass is 651 g/mol. The first kappa shape index (κ1) is 30.7.